The molecule has 1 aliphatic rings. The number of aryl methyl sites for hydroxylation is 1. The highest BCUT2D eigenvalue weighted by Gasteiger charge is 2.38. The molecule has 0 spiro atoms. The molecule has 116 valence electrons. The van der Waals surface area contributed by atoms with Crippen LogP contribution in [-0.2, 0) is 18.4 Å². The van der Waals surface area contributed by atoms with Gasteiger partial charge in [0, 0.05) is 30.9 Å². The molecule has 1 aromatic heterocycles. The molecule has 2 atom stereocenters. The number of benzene rings is 1. The van der Waals surface area contributed by atoms with E-state index in [2.05, 4.69) is 5.10 Å². The largest absolute Gasteiger partial charge is 0.480 e. The van der Waals surface area contributed by atoms with Crippen molar-refractivity contribution in [3.8, 4) is 0 Å². The molecule has 0 aliphatic carbocycles. The van der Waals surface area contributed by atoms with Crippen LogP contribution in [0.3, 0.4) is 0 Å². The van der Waals surface area contributed by atoms with Crippen molar-refractivity contribution in [1.29, 1.82) is 0 Å². The lowest BCUT2D eigenvalue weighted by Gasteiger charge is -2.28. The highest BCUT2D eigenvalue weighted by Crippen LogP contribution is 2.37. The summed E-state index contributed by atoms with van der Waals surface area (Å²) in [7, 11) is 1.87. The Labute approximate surface area is 134 Å². The number of carboxylic acids is 1. The predicted octanol–water partition coefficient (Wildman–Crippen LogP) is 2.86. The van der Waals surface area contributed by atoms with Gasteiger partial charge in [-0.05, 0) is 36.6 Å². The van der Waals surface area contributed by atoms with Crippen LogP contribution in [-0.4, -0.2) is 31.8 Å². The lowest BCUT2D eigenvalue weighted by atomic mass is 10.0. The summed E-state index contributed by atoms with van der Waals surface area (Å²) in [6.07, 6.45) is 3.22. The van der Waals surface area contributed by atoms with Crippen molar-refractivity contribution >= 4 is 17.6 Å². The minimum absolute atomic E-state index is 0.0910. The molecule has 5 nitrogen and oxygen atoms in total. The van der Waals surface area contributed by atoms with E-state index in [0.717, 1.165) is 17.7 Å². The van der Waals surface area contributed by atoms with Crippen molar-refractivity contribution < 1.29 is 9.90 Å². The van der Waals surface area contributed by atoms with Crippen LogP contribution in [0.25, 0.3) is 0 Å². The van der Waals surface area contributed by atoms with Crippen LogP contribution in [0, 0.1) is 0 Å². The third-order valence-electron chi connectivity index (χ3n) is 4.32. The third-order valence-corrected chi connectivity index (χ3v) is 4.57. The first kappa shape index (κ1) is 15.1. The molecule has 1 saturated heterocycles. The molecule has 0 unspecified atom stereocenters. The van der Waals surface area contributed by atoms with Crippen LogP contribution in [0.4, 0.5) is 0 Å². The minimum atomic E-state index is -0.765. The Hall–Kier alpha value is -1.85. The van der Waals surface area contributed by atoms with Gasteiger partial charge in [0.25, 0.3) is 0 Å². The van der Waals surface area contributed by atoms with Crippen molar-refractivity contribution in [2.45, 2.75) is 31.5 Å². The summed E-state index contributed by atoms with van der Waals surface area (Å²) in [6, 6.07) is 9.22. The molecule has 2 heterocycles. The van der Waals surface area contributed by atoms with E-state index in [-0.39, 0.29) is 6.04 Å². The van der Waals surface area contributed by atoms with Crippen molar-refractivity contribution in [3.63, 3.8) is 0 Å². The van der Waals surface area contributed by atoms with E-state index < -0.39 is 12.0 Å². The van der Waals surface area contributed by atoms with E-state index in [0.29, 0.717) is 18.0 Å². The topological polar surface area (TPSA) is 58.4 Å². The summed E-state index contributed by atoms with van der Waals surface area (Å²) in [4.78, 5) is 13.6. The molecule has 1 fully saturated rings. The van der Waals surface area contributed by atoms with E-state index in [1.165, 1.54) is 0 Å². The van der Waals surface area contributed by atoms with Crippen LogP contribution in [0.1, 0.15) is 30.1 Å². The Kier molecular flexibility index (Phi) is 4.18. The molecular formula is C16H18ClN3O2. The molecule has 22 heavy (non-hydrogen) atoms. The number of carbonyl (C=O) groups is 1. The SMILES string of the molecule is Cn1nccc1CN1[C@H](C(=O)O)CC[C@H]1c1ccc(Cl)cc1. The smallest absolute Gasteiger partial charge is 0.320 e. The molecule has 0 bridgehead atoms. The van der Waals surface area contributed by atoms with Crippen LogP contribution in [0.15, 0.2) is 36.5 Å². The van der Waals surface area contributed by atoms with Crippen LogP contribution in [0.5, 0.6) is 0 Å². The molecule has 1 N–H and O–H groups in total. The average molecular weight is 320 g/mol. The van der Waals surface area contributed by atoms with Gasteiger partial charge in [-0.3, -0.25) is 14.4 Å². The van der Waals surface area contributed by atoms with Crippen molar-refractivity contribution in [3.05, 3.63) is 52.8 Å². The Morgan fingerprint density at radius 2 is 2.05 bits per heavy atom. The van der Waals surface area contributed by atoms with Crippen molar-refractivity contribution in [2.75, 3.05) is 0 Å². The Bertz CT molecular complexity index is 668. The Morgan fingerprint density at radius 1 is 1.32 bits per heavy atom. The maximum Gasteiger partial charge on any atom is 0.320 e. The maximum atomic E-state index is 11.6. The molecule has 3 rings (SSSR count). The predicted molar refractivity (Wildman–Crippen MR) is 83.6 cm³/mol. The van der Waals surface area contributed by atoms with Gasteiger partial charge in [-0.15, -0.1) is 0 Å². The normalized spacial score (nSPS) is 22.1. The number of nitrogens with zero attached hydrogens (tertiary/aromatic N) is 3. The lowest BCUT2D eigenvalue weighted by molar-refractivity contribution is -0.142. The highest BCUT2D eigenvalue weighted by molar-refractivity contribution is 6.30. The Morgan fingerprint density at radius 3 is 2.64 bits per heavy atom. The van der Waals surface area contributed by atoms with Crippen molar-refractivity contribution in [1.82, 2.24) is 14.7 Å². The second kappa shape index (κ2) is 6.10. The number of aliphatic carboxylic acids is 1. The fourth-order valence-electron chi connectivity index (χ4n) is 3.14. The van der Waals surface area contributed by atoms with Crippen LogP contribution in [0.2, 0.25) is 5.02 Å². The second-order valence-electron chi connectivity index (χ2n) is 5.62. The summed E-state index contributed by atoms with van der Waals surface area (Å²) in [5.74, 6) is -0.765. The number of carboxylic acid groups (broad SMARTS) is 1. The number of aromatic nitrogens is 2. The van der Waals surface area contributed by atoms with Crippen LogP contribution < -0.4 is 0 Å². The second-order valence-corrected chi connectivity index (χ2v) is 6.05. The van der Waals surface area contributed by atoms with E-state index in [1.807, 2.05) is 42.3 Å². The summed E-state index contributed by atoms with van der Waals surface area (Å²) >= 11 is 5.95. The minimum Gasteiger partial charge on any atom is -0.480 e. The molecule has 1 aliphatic heterocycles. The zero-order chi connectivity index (χ0) is 15.7. The molecule has 2 aromatic rings. The quantitative estimate of drug-likeness (QED) is 0.941. The van der Waals surface area contributed by atoms with Gasteiger partial charge in [0.05, 0.1) is 5.69 Å². The number of halogens is 1. The molecule has 0 saturated carbocycles. The monoisotopic (exact) mass is 319 g/mol. The molecule has 0 radical (unpaired) electrons. The first-order chi connectivity index (χ1) is 10.6. The fourth-order valence-corrected chi connectivity index (χ4v) is 3.26. The average Bonchev–Trinajstić information content (AvgIpc) is 3.08. The summed E-state index contributed by atoms with van der Waals surface area (Å²) in [5, 5.41) is 14.4. The maximum absolute atomic E-state index is 11.6. The van der Waals surface area contributed by atoms with Crippen LogP contribution >= 0.6 is 11.6 Å². The fraction of sp³-hybridized carbons (Fsp3) is 0.375. The van der Waals surface area contributed by atoms with E-state index in [1.54, 1.807) is 10.9 Å². The highest BCUT2D eigenvalue weighted by atomic mass is 35.5. The number of hydrogen-bond donors (Lipinski definition) is 1. The number of likely N-dealkylation sites (tertiary alicyclic amines) is 1. The first-order valence-electron chi connectivity index (χ1n) is 7.27. The zero-order valence-corrected chi connectivity index (χ0v) is 13.1. The van der Waals surface area contributed by atoms with Gasteiger partial charge >= 0.3 is 5.97 Å². The van der Waals surface area contributed by atoms with Gasteiger partial charge in [0.15, 0.2) is 0 Å². The van der Waals surface area contributed by atoms with E-state index in [9.17, 15) is 9.90 Å². The summed E-state index contributed by atoms with van der Waals surface area (Å²) in [6.45, 7) is 0.570. The van der Waals surface area contributed by atoms with Gasteiger partial charge in [-0.2, -0.15) is 5.10 Å². The molecule has 0 amide bonds. The number of rotatable bonds is 4. The summed E-state index contributed by atoms with van der Waals surface area (Å²) < 4.78 is 1.79. The van der Waals surface area contributed by atoms with Gasteiger partial charge in [-0.1, -0.05) is 23.7 Å². The molecule has 1 aromatic carbocycles. The van der Waals surface area contributed by atoms with Gasteiger partial charge in [-0.25, -0.2) is 0 Å². The van der Waals surface area contributed by atoms with Gasteiger partial charge in [0.2, 0.25) is 0 Å². The third kappa shape index (κ3) is 2.87. The zero-order valence-electron chi connectivity index (χ0n) is 12.3. The first-order valence-corrected chi connectivity index (χ1v) is 7.65. The lowest BCUT2D eigenvalue weighted by Crippen LogP contribution is -2.37. The van der Waals surface area contributed by atoms with Gasteiger partial charge in [0.1, 0.15) is 6.04 Å². The van der Waals surface area contributed by atoms with E-state index in [4.69, 9.17) is 11.6 Å². The van der Waals surface area contributed by atoms with Crippen molar-refractivity contribution in [2.24, 2.45) is 7.05 Å². The Balaban J connectivity index is 1.89. The number of hydrogen-bond acceptors (Lipinski definition) is 3. The van der Waals surface area contributed by atoms with E-state index >= 15 is 0 Å². The van der Waals surface area contributed by atoms with Gasteiger partial charge < -0.3 is 5.11 Å². The molecular weight excluding hydrogens is 302 g/mol. The summed E-state index contributed by atoms with van der Waals surface area (Å²) in [5.41, 5.74) is 2.11. The molecule has 6 heteroatoms. The standard InChI is InChI=1S/C16H18ClN3O2/c1-19-13(8-9-18-19)10-20-14(6-7-15(20)16(21)22)11-2-4-12(17)5-3-11/h2-5,8-9,14-15H,6-7,10H2,1H3,(H,21,22)/t14-,15-/m0/s1.